The van der Waals surface area contributed by atoms with Gasteiger partial charge in [-0.05, 0) is 24.3 Å². The van der Waals surface area contributed by atoms with E-state index in [4.69, 9.17) is 4.42 Å². The third-order valence-corrected chi connectivity index (χ3v) is 4.97. The first-order valence-electron chi connectivity index (χ1n) is 9.62. The number of aromatic nitrogens is 4. The second-order valence-electron chi connectivity index (χ2n) is 7.10. The summed E-state index contributed by atoms with van der Waals surface area (Å²) >= 11 is 0. The molecule has 4 heterocycles. The molecular weight excluding hydrogens is 421 g/mol. The first-order valence-corrected chi connectivity index (χ1v) is 9.62. The number of nitrogens with zero attached hydrogens (tertiary/aromatic N) is 4. The van der Waals surface area contributed by atoms with Crippen molar-refractivity contribution >= 4 is 5.65 Å². The summed E-state index contributed by atoms with van der Waals surface area (Å²) < 4.78 is 46.6. The highest BCUT2D eigenvalue weighted by Gasteiger charge is 2.33. The molecule has 4 aromatic heterocycles. The molecule has 0 radical (unpaired) electrons. The van der Waals surface area contributed by atoms with E-state index < -0.39 is 11.9 Å². The van der Waals surface area contributed by atoms with E-state index in [2.05, 4.69) is 15.0 Å². The molecule has 1 aromatic carbocycles. The van der Waals surface area contributed by atoms with Crippen molar-refractivity contribution in [3.8, 4) is 28.4 Å². The predicted molar refractivity (Wildman–Crippen MR) is 110 cm³/mol. The number of alkyl halides is 3. The number of fused-ring (bicyclic) bond motifs is 1. The van der Waals surface area contributed by atoms with Gasteiger partial charge in [0.15, 0.2) is 5.65 Å². The molecule has 0 amide bonds. The summed E-state index contributed by atoms with van der Waals surface area (Å²) in [4.78, 5) is 12.5. The highest BCUT2D eigenvalue weighted by atomic mass is 19.4. The molecule has 0 bridgehead atoms. The smallest absolute Gasteiger partial charge is 0.433 e. The molecule has 0 aliphatic rings. The van der Waals surface area contributed by atoms with Crippen LogP contribution in [0, 0.1) is 0 Å². The van der Waals surface area contributed by atoms with Gasteiger partial charge in [-0.3, -0.25) is 9.38 Å². The zero-order valence-corrected chi connectivity index (χ0v) is 16.4. The minimum absolute atomic E-state index is 0.137. The molecular formula is C23H15F3N4O2. The van der Waals surface area contributed by atoms with Crippen molar-refractivity contribution < 1.29 is 22.7 Å². The van der Waals surface area contributed by atoms with E-state index in [0.717, 1.165) is 17.8 Å². The Labute approximate surface area is 179 Å². The quantitative estimate of drug-likeness (QED) is 0.410. The topological polar surface area (TPSA) is 76.5 Å². The van der Waals surface area contributed by atoms with E-state index in [1.54, 1.807) is 18.3 Å². The number of imidazole rings is 1. The van der Waals surface area contributed by atoms with Gasteiger partial charge < -0.3 is 9.52 Å². The Morgan fingerprint density at radius 1 is 0.969 bits per heavy atom. The summed E-state index contributed by atoms with van der Waals surface area (Å²) in [6.45, 7) is 0. The molecule has 0 saturated carbocycles. The Morgan fingerprint density at radius 3 is 2.50 bits per heavy atom. The average molecular weight is 436 g/mol. The summed E-state index contributed by atoms with van der Waals surface area (Å²) in [6.07, 6.45) is -0.194. The maximum Gasteiger partial charge on any atom is 0.433 e. The summed E-state index contributed by atoms with van der Waals surface area (Å²) in [7, 11) is 0. The molecule has 0 saturated heterocycles. The SMILES string of the molecule is Oc1c(Cc2ccco2)nc2c(-c3ccnc(C(F)(F)F)c3)nc(-c3ccccc3)cn12. The number of hydrogen-bond acceptors (Lipinski definition) is 5. The lowest BCUT2D eigenvalue weighted by Crippen LogP contribution is -2.08. The molecule has 9 heteroatoms. The lowest BCUT2D eigenvalue weighted by atomic mass is 10.1. The van der Waals surface area contributed by atoms with Crippen molar-refractivity contribution in [2.45, 2.75) is 12.6 Å². The monoisotopic (exact) mass is 436 g/mol. The van der Waals surface area contributed by atoms with E-state index in [1.807, 2.05) is 30.3 Å². The normalized spacial score (nSPS) is 11.8. The highest BCUT2D eigenvalue weighted by Crippen LogP contribution is 2.34. The van der Waals surface area contributed by atoms with Crippen molar-refractivity contribution in [1.29, 1.82) is 0 Å². The molecule has 160 valence electrons. The van der Waals surface area contributed by atoms with Gasteiger partial charge >= 0.3 is 6.18 Å². The van der Waals surface area contributed by atoms with Crippen LogP contribution in [0.4, 0.5) is 13.2 Å². The van der Waals surface area contributed by atoms with Gasteiger partial charge in [0, 0.05) is 23.5 Å². The Kier molecular flexibility index (Phi) is 4.66. The number of rotatable bonds is 4. The molecule has 0 fully saturated rings. The molecule has 0 atom stereocenters. The van der Waals surface area contributed by atoms with Crippen LogP contribution in [0.5, 0.6) is 5.88 Å². The van der Waals surface area contributed by atoms with Gasteiger partial charge in [0.1, 0.15) is 22.8 Å². The molecule has 1 N–H and O–H groups in total. The second-order valence-corrected chi connectivity index (χ2v) is 7.10. The molecule has 0 unspecified atom stereocenters. The van der Waals surface area contributed by atoms with Crippen LogP contribution in [0.1, 0.15) is 17.1 Å². The molecule has 0 spiro atoms. The van der Waals surface area contributed by atoms with Crippen LogP contribution in [-0.4, -0.2) is 24.5 Å². The molecule has 0 aliphatic carbocycles. The Balaban J connectivity index is 1.75. The summed E-state index contributed by atoms with van der Waals surface area (Å²) in [5.74, 6) is 0.451. The van der Waals surface area contributed by atoms with Gasteiger partial charge in [-0.1, -0.05) is 30.3 Å². The van der Waals surface area contributed by atoms with Crippen LogP contribution < -0.4 is 0 Å². The van der Waals surface area contributed by atoms with Gasteiger partial charge in [-0.2, -0.15) is 13.2 Å². The van der Waals surface area contributed by atoms with Crippen LogP contribution in [0.3, 0.4) is 0 Å². The van der Waals surface area contributed by atoms with Gasteiger partial charge in [-0.25, -0.2) is 9.97 Å². The van der Waals surface area contributed by atoms with Crippen molar-refractivity contribution in [1.82, 2.24) is 19.4 Å². The zero-order chi connectivity index (χ0) is 22.3. The highest BCUT2D eigenvalue weighted by molar-refractivity contribution is 5.78. The van der Waals surface area contributed by atoms with Gasteiger partial charge in [-0.15, -0.1) is 0 Å². The Morgan fingerprint density at radius 2 is 1.78 bits per heavy atom. The third kappa shape index (κ3) is 3.58. The average Bonchev–Trinajstić information content (AvgIpc) is 3.42. The van der Waals surface area contributed by atoms with Crippen LogP contribution >= 0.6 is 0 Å². The van der Waals surface area contributed by atoms with Crippen molar-refractivity contribution in [3.05, 3.63) is 90.4 Å². The van der Waals surface area contributed by atoms with Crippen LogP contribution in [-0.2, 0) is 12.6 Å². The molecule has 32 heavy (non-hydrogen) atoms. The van der Waals surface area contributed by atoms with Crippen molar-refractivity contribution in [2.24, 2.45) is 0 Å². The van der Waals surface area contributed by atoms with E-state index in [1.165, 1.54) is 16.7 Å². The molecule has 5 aromatic rings. The largest absolute Gasteiger partial charge is 0.493 e. The van der Waals surface area contributed by atoms with Gasteiger partial charge in [0.2, 0.25) is 5.88 Å². The van der Waals surface area contributed by atoms with Crippen LogP contribution in [0.25, 0.3) is 28.2 Å². The summed E-state index contributed by atoms with van der Waals surface area (Å²) in [5.41, 5.74) is 1.09. The van der Waals surface area contributed by atoms with E-state index in [9.17, 15) is 18.3 Å². The number of pyridine rings is 1. The number of benzene rings is 1. The van der Waals surface area contributed by atoms with Gasteiger partial charge in [0.05, 0.1) is 18.4 Å². The minimum atomic E-state index is -4.61. The number of halogens is 3. The molecule has 6 nitrogen and oxygen atoms in total. The fourth-order valence-electron chi connectivity index (χ4n) is 3.45. The second kappa shape index (κ2) is 7.52. The lowest BCUT2D eigenvalue weighted by Gasteiger charge is -2.10. The zero-order valence-electron chi connectivity index (χ0n) is 16.4. The van der Waals surface area contributed by atoms with E-state index in [-0.39, 0.29) is 29.2 Å². The number of aromatic hydroxyl groups is 1. The van der Waals surface area contributed by atoms with Gasteiger partial charge in [0.25, 0.3) is 0 Å². The summed E-state index contributed by atoms with van der Waals surface area (Å²) in [5, 5.41) is 10.9. The minimum Gasteiger partial charge on any atom is -0.493 e. The standard InChI is InChI=1S/C23H15F3N4O2/c24-23(25,26)19-11-15(8-9-27-19)20-21-29-17(12-16-7-4-10-32-16)22(31)30(21)13-18(28-20)14-5-2-1-3-6-14/h1-11,13,31H,12H2. The Hall–Kier alpha value is -4.14. The Bertz CT molecular complexity index is 1390. The maximum absolute atomic E-state index is 13.3. The first-order chi connectivity index (χ1) is 15.4. The maximum atomic E-state index is 13.3. The predicted octanol–water partition coefficient (Wildman–Crippen LogP) is 5.37. The first kappa shape index (κ1) is 19.8. The van der Waals surface area contributed by atoms with E-state index >= 15 is 0 Å². The fraction of sp³-hybridized carbons (Fsp3) is 0.0870. The van der Waals surface area contributed by atoms with Crippen LogP contribution in [0.2, 0.25) is 0 Å². The molecule has 0 aliphatic heterocycles. The fourth-order valence-corrected chi connectivity index (χ4v) is 3.45. The van der Waals surface area contributed by atoms with Crippen LogP contribution in [0.15, 0.2) is 77.7 Å². The lowest BCUT2D eigenvalue weighted by molar-refractivity contribution is -0.141. The number of furan rings is 1. The molecule has 5 rings (SSSR count). The van der Waals surface area contributed by atoms with Crippen molar-refractivity contribution in [3.63, 3.8) is 0 Å². The number of hydrogen-bond donors (Lipinski definition) is 1. The van der Waals surface area contributed by atoms with E-state index in [0.29, 0.717) is 17.1 Å². The third-order valence-electron chi connectivity index (χ3n) is 4.97. The summed E-state index contributed by atoms with van der Waals surface area (Å²) in [6, 6.07) is 15.0. The van der Waals surface area contributed by atoms with Crippen molar-refractivity contribution in [2.75, 3.05) is 0 Å².